The Morgan fingerprint density at radius 3 is 2.75 bits per heavy atom. The number of amides is 1. The minimum atomic E-state index is -0.747. The molecule has 0 aromatic carbocycles. The van der Waals surface area contributed by atoms with Crippen molar-refractivity contribution in [1.82, 2.24) is 4.90 Å². The first-order valence-electron chi connectivity index (χ1n) is 6.13. The van der Waals surface area contributed by atoms with Gasteiger partial charge in [-0.05, 0) is 32.6 Å². The van der Waals surface area contributed by atoms with Gasteiger partial charge in [-0.1, -0.05) is 6.92 Å². The molecule has 1 aliphatic rings. The minimum Gasteiger partial charge on any atom is -0.376 e. The standard InChI is InChI=1S/C12H24N2O2/c1-4-12(2,13)11(15)14(3)9-10-7-5-6-8-16-10/h10H,4-9,13H2,1-3H3. The van der Waals surface area contributed by atoms with E-state index in [4.69, 9.17) is 10.5 Å². The van der Waals surface area contributed by atoms with E-state index in [1.807, 2.05) is 6.92 Å². The molecule has 1 rings (SSSR count). The van der Waals surface area contributed by atoms with Gasteiger partial charge < -0.3 is 15.4 Å². The van der Waals surface area contributed by atoms with Gasteiger partial charge in [-0.15, -0.1) is 0 Å². The summed E-state index contributed by atoms with van der Waals surface area (Å²) in [5.41, 5.74) is 5.19. The normalized spacial score (nSPS) is 24.9. The molecule has 1 aliphatic heterocycles. The molecule has 94 valence electrons. The Bertz CT molecular complexity index is 235. The minimum absolute atomic E-state index is 0.00386. The van der Waals surface area contributed by atoms with Gasteiger partial charge in [0.15, 0.2) is 0 Å². The van der Waals surface area contributed by atoms with Crippen LogP contribution in [0.3, 0.4) is 0 Å². The highest BCUT2D eigenvalue weighted by molar-refractivity contribution is 5.85. The Kier molecular flexibility index (Phi) is 4.74. The van der Waals surface area contributed by atoms with Crippen molar-refractivity contribution in [2.75, 3.05) is 20.2 Å². The lowest BCUT2D eigenvalue weighted by Crippen LogP contribution is -2.53. The van der Waals surface area contributed by atoms with Gasteiger partial charge in [-0.2, -0.15) is 0 Å². The molecule has 0 saturated carbocycles. The van der Waals surface area contributed by atoms with Gasteiger partial charge >= 0.3 is 0 Å². The van der Waals surface area contributed by atoms with Gasteiger partial charge in [0.1, 0.15) is 0 Å². The summed E-state index contributed by atoms with van der Waals surface area (Å²) >= 11 is 0. The van der Waals surface area contributed by atoms with Crippen LogP contribution in [0.4, 0.5) is 0 Å². The Morgan fingerprint density at radius 2 is 2.25 bits per heavy atom. The van der Waals surface area contributed by atoms with Crippen LogP contribution >= 0.6 is 0 Å². The maximum atomic E-state index is 12.0. The molecule has 1 amide bonds. The van der Waals surface area contributed by atoms with Crippen LogP contribution in [0.5, 0.6) is 0 Å². The van der Waals surface area contributed by atoms with Gasteiger partial charge in [-0.25, -0.2) is 0 Å². The summed E-state index contributed by atoms with van der Waals surface area (Å²) in [7, 11) is 1.81. The fourth-order valence-electron chi connectivity index (χ4n) is 1.93. The lowest BCUT2D eigenvalue weighted by Gasteiger charge is -2.32. The maximum Gasteiger partial charge on any atom is 0.242 e. The number of nitrogens with two attached hydrogens (primary N) is 1. The number of nitrogens with zero attached hydrogens (tertiary/aromatic N) is 1. The van der Waals surface area contributed by atoms with E-state index in [-0.39, 0.29) is 12.0 Å². The van der Waals surface area contributed by atoms with Gasteiger partial charge in [0.2, 0.25) is 5.91 Å². The molecule has 2 unspecified atom stereocenters. The van der Waals surface area contributed by atoms with Crippen molar-refractivity contribution in [2.24, 2.45) is 5.73 Å². The van der Waals surface area contributed by atoms with Crippen molar-refractivity contribution in [2.45, 2.75) is 51.2 Å². The van der Waals surface area contributed by atoms with E-state index in [2.05, 4.69) is 0 Å². The average Bonchev–Trinajstić information content (AvgIpc) is 2.29. The second kappa shape index (κ2) is 5.64. The van der Waals surface area contributed by atoms with E-state index >= 15 is 0 Å². The molecular formula is C12H24N2O2. The molecule has 2 atom stereocenters. The zero-order chi connectivity index (χ0) is 12.2. The molecule has 4 heteroatoms. The van der Waals surface area contributed by atoms with Gasteiger partial charge in [-0.3, -0.25) is 4.79 Å². The fraction of sp³-hybridized carbons (Fsp3) is 0.917. The van der Waals surface area contributed by atoms with Crippen LogP contribution in [0.2, 0.25) is 0 Å². The number of likely N-dealkylation sites (N-methyl/N-ethyl adjacent to an activating group) is 1. The second-order valence-corrected chi connectivity index (χ2v) is 4.95. The second-order valence-electron chi connectivity index (χ2n) is 4.95. The molecule has 0 aliphatic carbocycles. The summed E-state index contributed by atoms with van der Waals surface area (Å²) in [6.07, 6.45) is 4.22. The van der Waals surface area contributed by atoms with Crippen molar-refractivity contribution in [1.29, 1.82) is 0 Å². The van der Waals surface area contributed by atoms with Crippen LogP contribution in [-0.4, -0.2) is 42.6 Å². The predicted octanol–water partition coefficient (Wildman–Crippen LogP) is 1.14. The molecule has 0 aromatic heterocycles. The molecule has 0 spiro atoms. The van der Waals surface area contributed by atoms with E-state index in [1.165, 1.54) is 6.42 Å². The van der Waals surface area contributed by atoms with E-state index in [9.17, 15) is 4.79 Å². The molecule has 4 nitrogen and oxygen atoms in total. The van der Waals surface area contributed by atoms with Crippen molar-refractivity contribution in [3.63, 3.8) is 0 Å². The highest BCUT2D eigenvalue weighted by atomic mass is 16.5. The number of hydrogen-bond donors (Lipinski definition) is 1. The maximum absolute atomic E-state index is 12.0. The first-order chi connectivity index (χ1) is 7.47. The fourth-order valence-corrected chi connectivity index (χ4v) is 1.93. The van der Waals surface area contributed by atoms with Crippen molar-refractivity contribution in [3.8, 4) is 0 Å². The average molecular weight is 228 g/mol. The molecule has 2 N–H and O–H groups in total. The molecule has 0 radical (unpaired) electrons. The van der Waals surface area contributed by atoms with Gasteiger partial charge in [0.05, 0.1) is 11.6 Å². The Morgan fingerprint density at radius 1 is 1.56 bits per heavy atom. The summed E-state index contributed by atoms with van der Waals surface area (Å²) in [6, 6.07) is 0. The highest BCUT2D eigenvalue weighted by Gasteiger charge is 2.30. The molecule has 1 saturated heterocycles. The summed E-state index contributed by atoms with van der Waals surface area (Å²) in [4.78, 5) is 13.7. The van der Waals surface area contributed by atoms with Crippen molar-refractivity contribution >= 4 is 5.91 Å². The van der Waals surface area contributed by atoms with E-state index in [0.717, 1.165) is 19.4 Å². The largest absolute Gasteiger partial charge is 0.376 e. The molecule has 1 fully saturated rings. The molecule has 1 heterocycles. The van der Waals surface area contributed by atoms with Gasteiger partial charge in [0.25, 0.3) is 0 Å². The van der Waals surface area contributed by atoms with Crippen LogP contribution in [0, 0.1) is 0 Å². The topological polar surface area (TPSA) is 55.6 Å². The number of hydrogen-bond acceptors (Lipinski definition) is 3. The van der Waals surface area contributed by atoms with Crippen molar-refractivity contribution in [3.05, 3.63) is 0 Å². The molecule has 0 aromatic rings. The van der Waals surface area contributed by atoms with Crippen LogP contribution in [0.25, 0.3) is 0 Å². The van der Waals surface area contributed by atoms with E-state index < -0.39 is 5.54 Å². The number of rotatable bonds is 4. The third-order valence-electron chi connectivity index (χ3n) is 3.32. The first kappa shape index (κ1) is 13.5. The third-order valence-corrected chi connectivity index (χ3v) is 3.32. The van der Waals surface area contributed by atoms with Crippen LogP contribution in [0.1, 0.15) is 39.5 Å². The highest BCUT2D eigenvalue weighted by Crippen LogP contribution is 2.15. The summed E-state index contributed by atoms with van der Waals surface area (Å²) in [6.45, 7) is 5.20. The monoisotopic (exact) mass is 228 g/mol. The Balaban J connectivity index is 2.44. The first-order valence-corrected chi connectivity index (χ1v) is 6.13. The molecule has 0 bridgehead atoms. The van der Waals surface area contributed by atoms with E-state index in [1.54, 1.807) is 18.9 Å². The molecule has 16 heavy (non-hydrogen) atoms. The smallest absolute Gasteiger partial charge is 0.242 e. The number of carbonyl (C=O) groups excluding carboxylic acids is 1. The van der Waals surface area contributed by atoms with Crippen LogP contribution < -0.4 is 5.73 Å². The Hall–Kier alpha value is -0.610. The quantitative estimate of drug-likeness (QED) is 0.785. The number of carbonyl (C=O) groups is 1. The zero-order valence-electron chi connectivity index (χ0n) is 10.7. The summed E-state index contributed by atoms with van der Waals surface area (Å²) in [5, 5.41) is 0. The van der Waals surface area contributed by atoms with Gasteiger partial charge in [0, 0.05) is 20.2 Å². The summed E-state index contributed by atoms with van der Waals surface area (Å²) in [5.74, 6) is 0.00386. The van der Waals surface area contributed by atoms with E-state index in [0.29, 0.717) is 13.0 Å². The Labute approximate surface area is 98.1 Å². The third kappa shape index (κ3) is 3.46. The van der Waals surface area contributed by atoms with Crippen LogP contribution in [-0.2, 0) is 9.53 Å². The van der Waals surface area contributed by atoms with Crippen molar-refractivity contribution < 1.29 is 9.53 Å². The zero-order valence-corrected chi connectivity index (χ0v) is 10.7. The lowest BCUT2D eigenvalue weighted by atomic mass is 9.98. The number of ether oxygens (including phenoxy) is 1. The SMILES string of the molecule is CCC(C)(N)C(=O)N(C)CC1CCCCO1. The predicted molar refractivity (Wildman–Crippen MR) is 64.1 cm³/mol. The molecular weight excluding hydrogens is 204 g/mol. The lowest BCUT2D eigenvalue weighted by molar-refractivity contribution is -0.137. The summed E-state index contributed by atoms with van der Waals surface area (Å²) < 4.78 is 5.61. The van der Waals surface area contributed by atoms with Crippen LogP contribution in [0.15, 0.2) is 0 Å².